The zero-order chi connectivity index (χ0) is 10.3. The highest BCUT2D eigenvalue weighted by molar-refractivity contribution is 6.35. The van der Waals surface area contributed by atoms with E-state index in [1.54, 1.807) is 12.1 Å². The molecule has 4 nitrogen and oxygen atoms in total. The maximum absolute atomic E-state index is 11.5. The molecule has 0 saturated heterocycles. The molecule has 0 bridgehead atoms. The molecule has 1 amide bonds. The van der Waals surface area contributed by atoms with Gasteiger partial charge in [0, 0.05) is 11.1 Å². The Labute approximate surface area is 79.7 Å². The van der Waals surface area contributed by atoms with Crippen molar-refractivity contribution in [3.8, 4) is 0 Å². The number of nitrogens with two attached hydrogens (primary N) is 1. The van der Waals surface area contributed by atoms with Crippen molar-refractivity contribution in [2.45, 2.75) is 0 Å². The minimum Gasteiger partial charge on any atom is -0.369 e. The van der Waals surface area contributed by atoms with E-state index >= 15 is 0 Å². The molecule has 2 N–H and O–H groups in total. The van der Waals surface area contributed by atoms with Crippen LogP contribution in [0.3, 0.4) is 0 Å². The highest BCUT2D eigenvalue weighted by atomic mass is 16.2. The summed E-state index contributed by atoms with van der Waals surface area (Å²) in [5.74, 6) is -3.17. The lowest BCUT2D eigenvalue weighted by molar-refractivity contribution is -0.119. The van der Waals surface area contributed by atoms with Crippen molar-refractivity contribution in [1.82, 2.24) is 0 Å². The molecule has 1 aromatic carbocycles. The number of ketones is 2. The lowest BCUT2D eigenvalue weighted by atomic mass is 10.0. The monoisotopic (exact) mass is 189 g/mol. The highest BCUT2D eigenvalue weighted by Crippen LogP contribution is 2.26. The third kappa shape index (κ3) is 0.970. The molecule has 14 heavy (non-hydrogen) atoms. The van der Waals surface area contributed by atoms with Gasteiger partial charge in [-0.1, -0.05) is 24.3 Å². The van der Waals surface area contributed by atoms with Gasteiger partial charge in [0.15, 0.2) is 17.5 Å². The van der Waals surface area contributed by atoms with E-state index in [9.17, 15) is 14.4 Å². The van der Waals surface area contributed by atoms with E-state index in [-0.39, 0.29) is 0 Å². The van der Waals surface area contributed by atoms with Crippen molar-refractivity contribution in [2.75, 3.05) is 0 Å². The Kier molecular flexibility index (Phi) is 1.70. The third-order valence-electron chi connectivity index (χ3n) is 2.27. The summed E-state index contributed by atoms with van der Waals surface area (Å²) in [7, 11) is 0. The molecule has 4 heteroatoms. The molecular formula is C10H7NO3. The maximum Gasteiger partial charge on any atom is 0.236 e. The van der Waals surface area contributed by atoms with Crippen molar-refractivity contribution in [1.29, 1.82) is 0 Å². The van der Waals surface area contributed by atoms with Gasteiger partial charge in [0.05, 0.1) is 0 Å². The first-order valence-electron chi connectivity index (χ1n) is 4.09. The number of carbonyl (C=O) groups is 3. The Hall–Kier alpha value is -1.97. The fraction of sp³-hybridized carbons (Fsp3) is 0.100. The molecule has 0 heterocycles. The van der Waals surface area contributed by atoms with Crippen LogP contribution in [0.1, 0.15) is 20.7 Å². The van der Waals surface area contributed by atoms with E-state index in [2.05, 4.69) is 0 Å². The summed E-state index contributed by atoms with van der Waals surface area (Å²) in [6, 6.07) is 6.35. The number of rotatable bonds is 1. The van der Waals surface area contributed by atoms with Crippen LogP contribution in [-0.4, -0.2) is 17.5 Å². The molecule has 0 atom stereocenters. The first kappa shape index (κ1) is 8.62. The largest absolute Gasteiger partial charge is 0.369 e. The van der Waals surface area contributed by atoms with E-state index in [4.69, 9.17) is 5.73 Å². The number of Topliss-reactive ketones (excluding diaryl/α,β-unsaturated/α-hetero) is 2. The van der Waals surface area contributed by atoms with E-state index < -0.39 is 23.4 Å². The van der Waals surface area contributed by atoms with Gasteiger partial charge in [-0.15, -0.1) is 0 Å². The van der Waals surface area contributed by atoms with Gasteiger partial charge in [-0.2, -0.15) is 0 Å². The van der Waals surface area contributed by atoms with Crippen molar-refractivity contribution >= 4 is 17.5 Å². The van der Waals surface area contributed by atoms with Gasteiger partial charge in [0.25, 0.3) is 0 Å². The minimum atomic E-state index is -1.31. The fourth-order valence-corrected chi connectivity index (χ4v) is 1.60. The quantitative estimate of drug-likeness (QED) is 0.639. The summed E-state index contributed by atoms with van der Waals surface area (Å²) in [6.07, 6.45) is 0. The summed E-state index contributed by atoms with van der Waals surface area (Å²) in [6.45, 7) is 0. The summed E-state index contributed by atoms with van der Waals surface area (Å²) in [5.41, 5.74) is 5.56. The molecule has 0 unspecified atom stereocenters. The molecule has 0 aromatic heterocycles. The smallest absolute Gasteiger partial charge is 0.236 e. The van der Waals surface area contributed by atoms with Crippen LogP contribution in [0, 0.1) is 5.92 Å². The van der Waals surface area contributed by atoms with Gasteiger partial charge in [-0.25, -0.2) is 0 Å². The number of amides is 1. The van der Waals surface area contributed by atoms with E-state index in [1.165, 1.54) is 12.1 Å². The van der Waals surface area contributed by atoms with Gasteiger partial charge in [-0.05, 0) is 0 Å². The molecule has 2 rings (SSSR count). The van der Waals surface area contributed by atoms with Crippen LogP contribution in [0.2, 0.25) is 0 Å². The third-order valence-corrected chi connectivity index (χ3v) is 2.27. The topological polar surface area (TPSA) is 77.2 Å². The van der Waals surface area contributed by atoms with Gasteiger partial charge in [0.2, 0.25) is 5.91 Å². The molecule has 0 saturated carbocycles. The maximum atomic E-state index is 11.5. The van der Waals surface area contributed by atoms with Crippen LogP contribution < -0.4 is 5.73 Å². The first-order valence-corrected chi connectivity index (χ1v) is 4.09. The highest BCUT2D eigenvalue weighted by Gasteiger charge is 2.41. The van der Waals surface area contributed by atoms with Gasteiger partial charge < -0.3 is 5.73 Å². The summed E-state index contributed by atoms with van der Waals surface area (Å²) in [4.78, 5) is 33.9. The molecule has 0 aliphatic heterocycles. The van der Waals surface area contributed by atoms with Crippen molar-refractivity contribution in [3.63, 3.8) is 0 Å². The number of hydrogen-bond donors (Lipinski definition) is 1. The van der Waals surface area contributed by atoms with E-state index in [1.807, 2.05) is 0 Å². The average Bonchev–Trinajstić information content (AvgIpc) is 2.41. The first-order chi connectivity index (χ1) is 6.63. The molecule has 1 aliphatic rings. The SMILES string of the molecule is NC(=O)C1C(=O)c2ccccc2C1=O. The Balaban J connectivity index is 2.59. The van der Waals surface area contributed by atoms with Crippen molar-refractivity contribution < 1.29 is 14.4 Å². The molecule has 1 aliphatic carbocycles. The molecule has 0 radical (unpaired) electrons. The van der Waals surface area contributed by atoms with Crippen LogP contribution in [-0.2, 0) is 4.79 Å². The average molecular weight is 189 g/mol. The number of benzene rings is 1. The van der Waals surface area contributed by atoms with Gasteiger partial charge in [0.1, 0.15) is 0 Å². The number of primary amides is 1. The molecule has 0 fully saturated rings. The van der Waals surface area contributed by atoms with Crippen LogP contribution in [0.5, 0.6) is 0 Å². The second kappa shape index (κ2) is 2.77. The minimum absolute atomic E-state index is 0.293. The Morgan fingerprint density at radius 1 is 1.07 bits per heavy atom. The van der Waals surface area contributed by atoms with Crippen molar-refractivity contribution in [2.24, 2.45) is 11.7 Å². The Bertz CT molecular complexity index is 415. The van der Waals surface area contributed by atoms with Gasteiger partial charge in [-0.3, -0.25) is 14.4 Å². The lowest BCUT2D eigenvalue weighted by Crippen LogP contribution is -2.31. The number of carbonyl (C=O) groups excluding carboxylic acids is 3. The van der Waals surface area contributed by atoms with Crippen LogP contribution in [0.15, 0.2) is 24.3 Å². The van der Waals surface area contributed by atoms with Gasteiger partial charge >= 0.3 is 0 Å². The zero-order valence-electron chi connectivity index (χ0n) is 7.19. The number of hydrogen-bond acceptors (Lipinski definition) is 3. The van der Waals surface area contributed by atoms with Crippen LogP contribution in [0.25, 0.3) is 0 Å². The zero-order valence-corrected chi connectivity index (χ0v) is 7.19. The lowest BCUT2D eigenvalue weighted by Gasteiger charge is -1.98. The summed E-state index contributed by atoms with van der Waals surface area (Å²) in [5, 5.41) is 0. The van der Waals surface area contributed by atoms with Crippen LogP contribution >= 0.6 is 0 Å². The Morgan fingerprint density at radius 3 is 1.86 bits per heavy atom. The predicted octanol–water partition coefficient (Wildman–Crippen LogP) is 0.167. The normalized spacial score (nSPS) is 15.7. The number of fused-ring (bicyclic) bond motifs is 1. The van der Waals surface area contributed by atoms with E-state index in [0.29, 0.717) is 11.1 Å². The standard InChI is InChI=1S/C10H7NO3/c11-10(14)7-8(12)5-3-1-2-4-6(5)9(7)13/h1-4,7H,(H2,11,14). The Morgan fingerprint density at radius 2 is 1.50 bits per heavy atom. The summed E-state index contributed by atoms with van der Waals surface area (Å²) >= 11 is 0. The predicted molar refractivity (Wildman–Crippen MR) is 47.8 cm³/mol. The van der Waals surface area contributed by atoms with Crippen molar-refractivity contribution in [3.05, 3.63) is 35.4 Å². The molecule has 1 aromatic rings. The summed E-state index contributed by atoms with van der Waals surface area (Å²) < 4.78 is 0. The van der Waals surface area contributed by atoms with E-state index in [0.717, 1.165) is 0 Å². The second-order valence-corrected chi connectivity index (χ2v) is 3.11. The second-order valence-electron chi connectivity index (χ2n) is 3.11. The molecule has 70 valence electrons. The fourth-order valence-electron chi connectivity index (χ4n) is 1.60. The molecular weight excluding hydrogens is 182 g/mol. The molecule has 0 spiro atoms. The van der Waals surface area contributed by atoms with Crippen LogP contribution in [0.4, 0.5) is 0 Å².